The minimum absolute atomic E-state index is 0.138. The summed E-state index contributed by atoms with van der Waals surface area (Å²) in [7, 11) is -3.60. The molecule has 2 N–H and O–H groups in total. The third-order valence-corrected chi connectivity index (χ3v) is 5.73. The monoisotopic (exact) mass is 387 g/mol. The molecule has 0 fully saturated rings. The molecule has 27 heavy (non-hydrogen) atoms. The Balaban J connectivity index is 1.79. The van der Waals surface area contributed by atoms with Crippen molar-refractivity contribution in [2.45, 2.75) is 37.0 Å². The Hall–Kier alpha value is -2.67. The maximum Gasteiger partial charge on any atom is 0.335 e. The highest BCUT2D eigenvalue weighted by atomic mass is 32.2. The van der Waals surface area contributed by atoms with Crippen molar-refractivity contribution < 1.29 is 23.1 Å². The van der Waals surface area contributed by atoms with Crippen molar-refractivity contribution in [2.75, 3.05) is 11.6 Å². The van der Waals surface area contributed by atoms with Crippen LogP contribution in [0.5, 0.6) is 0 Å². The van der Waals surface area contributed by atoms with Gasteiger partial charge in [-0.25, -0.2) is 13.2 Å². The van der Waals surface area contributed by atoms with Crippen LogP contribution >= 0.6 is 0 Å². The van der Waals surface area contributed by atoms with Crippen LogP contribution in [0.4, 0.5) is 5.69 Å². The number of aryl methyl sites for hydroxylation is 2. The molecule has 1 amide bonds. The smallest absolute Gasteiger partial charge is 0.335 e. The number of rotatable bonds is 5. The van der Waals surface area contributed by atoms with E-state index in [0.717, 1.165) is 37.1 Å². The second kappa shape index (κ2) is 7.52. The lowest BCUT2D eigenvalue weighted by atomic mass is 9.90. The second-order valence-electron chi connectivity index (χ2n) is 6.86. The largest absolute Gasteiger partial charge is 0.478 e. The van der Waals surface area contributed by atoms with E-state index < -0.39 is 15.8 Å². The summed E-state index contributed by atoms with van der Waals surface area (Å²) in [5.74, 6) is -1.58. The molecule has 0 saturated carbocycles. The van der Waals surface area contributed by atoms with Crippen molar-refractivity contribution >= 4 is 27.4 Å². The molecule has 0 unspecified atom stereocenters. The molecule has 0 aromatic heterocycles. The van der Waals surface area contributed by atoms with E-state index in [9.17, 15) is 23.1 Å². The fourth-order valence-electron chi connectivity index (χ4n) is 3.30. The van der Waals surface area contributed by atoms with Crippen LogP contribution in [0.1, 0.15) is 39.9 Å². The topological polar surface area (TPSA) is 101 Å². The lowest BCUT2D eigenvalue weighted by molar-refractivity contribution is -0.115. The number of nitrogens with one attached hydrogen (secondary N) is 1. The highest BCUT2D eigenvalue weighted by Gasteiger charge is 2.16. The number of sulfone groups is 1. The number of amides is 1. The molecular formula is C20H21NO5S. The Bertz CT molecular complexity index is 1010. The number of benzene rings is 2. The van der Waals surface area contributed by atoms with Gasteiger partial charge in [0.1, 0.15) is 0 Å². The van der Waals surface area contributed by atoms with Crippen molar-refractivity contribution in [2.24, 2.45) is 0 Å². The van der Waals surface area contributed by atoms with Crippen LogP contribution in [0.25, 0.3) is 0 Å². The van der Waals surface area contributed by atoms with Crippen molar-refractivity contribution in [3.05, 3.63) is 58.7 Å². The van der Waals surface area contributed by atoms with Crippen LogP contribution in [0.15, 0.2) is 41.3 Å². The average molecular weight is 387 g/mol. The Kier molecular flexibility index (Phi) is 5.32. The van der Waals surface area contributed by atoms with Crippen LogP contribution in [0.3, 0.4) is 0 Å². The third kappa shape index (κ3) is 4.74. The van der Waals surface area contributed by atoms with Gasteiger partial charge >= 0.3 is 5.97 Å². The number of carbonyl (C=O) groups excluding carboxylic acids is 1. The van der Waals surface area contributed by atoms with Gasteiger partial charge < -0.3 is 10.4 Å². The van der Waals surface area contributed by atoms with Gasteiger partial charge in [-0.3, -0.25) is 4.79 Å². The number of aromatic carboxylic acids is 1. The molecule has 0 aliphatic heterocycles. The summed E-state index contributed by atoms with van der Waals surface area (Å²) in [6, 6.07) is 9.64. The molecule has 0 spiro atoms. The maximum absolute atomic E-state index is 12.4. The number of carbonyl (C=O) groups is 2. The van der Waals surface area contributed by atoms with Gasteiger partial charge in [-0.15, -0.1) is 0 Å². The van der Waals surface area contributed by atoms with Crippen LogP contribution in [-0.4, -0.2) is 31.7 Å². The molecule has 0 saturated heterocycles. The van der Waals surface area contributed by atoms with Crippen molar-refractivity contribution in [1.82, 2.24) is 0 Å². The van der Waals surface area contributed by atoms with E-state index in [1.165, 1.54) is 29.7 Å². The van der Waals surface area contributed by atoms with Crippen LogP contribution < -0.4 is 5.32 Å². The first kappa shape index (κ1) is 19.1. The van der Waals surface area contributed by atoms with Gasteiger partial charge in [-0.1, -0.05) is 18.2 Å². The van der Waals surface area contributed by atoms with Gasteiger partial charge in [0.15, 0.2) is 9.84 Å². The summed E-state index contributed by atoms with van der Waals surface area (Å²) < 4.78 is 23.5. The molecule has 6 nitrogen and oxygen atoms in total. The normalized spacial score (nSPS) is 13.7. The van der Waals surface area contributed by atoms with Gasteiger partial charge in [0.05, 0.1) is 16.9 Å². The summed E-state index contributed by atoms with van der Waals surface area (Å²) in [4.78, 5) is 23.5. The zero-order valence-electron chi connectivity index (χ0n) is 15.0. The first-order chi connectivity index (χ1) is 12.7. The molecule has 142 valence electrons. The number of anilines is 1. The first-order valence-electron chi connectivity index (χ1n) is 8.71. The average Bonchev–Trinajstić information content (AvgIpc) is 2.60. The summed E-state index contributed by atoms with van der Waals surface area (Å²) in [6.07, 6.45) is 5.56. The Morgan fingerprint density at radius 1 is 1.04 bits per heavy atom. The summed E-state index contributed by atoms with van der Waals surface area (Å²) in [6.45, 7) is 0. The van der Waals surface area contributed by atoms with E-state index in [2.05, 4.69) is 11.4 Å². The predicted molar refractivity (Wildman–Crippen MR) is 102 cm³/mol. The minimum Gasteiger partial charge on any atom is -0.478 e. The zero-order chi connectivity index (χ0) is 19.6. The number of hydrogen-bond donors (Lipinski definition) is 2. The second-order valence-corrected chi connectivity index (χ2v) is 8.87. The van der Waals surface area contributed by atoms with Gasteiger partial charge in [0.25, 0.3) is 0 Å². The molecule has 7 heteroatoms. The highest BCUT2D eigenvalue weighted by molar-refractivity contribution is 7.90. The predicted octanol–water partition coefficient (Wildman–Crippen LogP) is 2.85. The van der Waals surface area contributed by atoms with E-state index in [-0.39, 0.29) is 28.5 Å². The summed E-state index contributed by atoms with van der Waals surface area (Å²) in [5.41, 5.74) is 3.45. The molecule has 3 rings (SSSR count). The van der Waals surface area contributed by atoms with Crippen molar-refractivity contribution in [3.63, 3.8) is 0 Å². The SMILES string of the molecule is CS(=O)(=O)c1cc(NC(=O)Cc2ccc3c(c2)CCCC3)cc(C(=O)O)c1. The molecule has 0 heterocycles. The lowest BCUT2D eigenvalue weighted by Gasteiger charge is -2.16. The summed E-state index contributed by atoms with van der Waals surface area (Å²) in [5, 5.41) is 11.8. The van der Waals surface area contributed by atoms with Gasteiger partial charge in [0, 0.05) is 11.9 Å². The number of fused-ring (bicyclic) bond motifs is 1. The Morgan fingerprint density at radius 2 is 1.74 bits per heavy atom. The van der Waals surface area contributed by atoms with Crippen LogP contribution in [0, 0.1) is 0 Å². The van der Waals surface area contributed by atoms with Crippen LogP contribution in [0.2, 0.25) is 0 Å². The fraction of sp³-hybridized carbons (Fsp3) is 0.300. The molecular weight excluding hydrogens is 366 g/mol. The number of hydrogen-bond acceptors (Lipinski definition) is 4. The number of carboxylic acid groups (broad SMARTS) is 1. The third-order valence-electron chi connectivity index (χ3n) is 4.64. The lowest BCUT2D eigenvalue weighted by Crippen LogP contribution is -2.16. The molecule has 0 radical (unpaired) electrons. The van der Waals surface area contributed by atoms with E-state index in [1.807, 2.05) is 12.1 Å². The fourth-order valence-corrected chi connectivity index (χ4v) is 3.98. The van der Waals surface area contributed by atoms with E-state index in [4.69, 9.17) is 0 Å². The summed E-state index contributed by atoms with van der Waals surface area (Å²) >= 11 is 0. The molecule has 1 aliphatic rings. The molecule has 2 aromatic rings. The Labute approximate surface area is 158 Å². The molecule has 2 aromatic carbocycles. The van der Waals surface area contributed by atoms with Gasteiger partial charge in [-0.2, -0.15) is 0 Å². The molecule has 0 atom stereocenters. The first-order valence-corrected chi connectivity index (χ1v) is 10.6. The minimum atomic E-state index is -3.60. The highest BCUT2D eigenvalue weighted by Crippen LogP contribution is 2.23. The quantitative estimate of drug-likeness (QED) is 0.822. The van der Waals surface area contributed by atoms with Crippen molar-refractivity contribution in [3.8, 4) is 0 Å². The maximum atomic E-state index is 12.4. The van der Waals surface area contributed by atoms with E-state index in [1.54, 1.807) is 0 Å². The van der Waals surface area contributed by atoms with E-state index in [0.29, 0.717) is 0 Å². The number of carboxylic acids is 1. The van der Waals surface area contributed by atoms with Gasteiger partial charge in [-0.05, 0) is 60.6 Å². The Morgan fingerprint density at radius 3 is 2.41 bits per heavy atom. The van der Waals surface area contributed by atoms with E-state index >= 15 is 0 Å². The van der Waals surface area contributed by atoms with Crippen molar-refractivity contribution in [1.29, 1.82) is 0 Å². The van der Waals surface area contributed by atoms with Crippen LogP contribution in [-0.2, 0) is 33.9 Å². The molecule has 0 bridgehead atoms. The van der Waals surface area contributed by atoms with Gasteiger partial charge in [0.2, 0.25) is 5.91 Å². The standard InChI is InChI=1S/C20H21NO5S/c1-27(25,26)18-11-16(20(23)24)10-17(12-18)21-19(22)9-13-6-7-14-4-2-3-5-15(14)8-13/h6-8,10-12H,2-5,9H2,1H3,(H,21,22)(H,23,24). The molecule has 1 aliphatic carbocycles. The zero-order valence-corrected chi connectivity index (χ0v) is 15.8.